The van der Waals surface area contributed by atoms with E-state index in [4.69, 9.17) is 0 Å². The largest absolute Gasteiger partial charge is 0.480 e. The molecule has 34 heavy (non-hydrogen) atoms. The number of Topliss-reactive ketones (excluding diaryl/α,β-unsaturated/α-hetero) is 1. The Morgan fingerprint density at radius 3 is 1.82 bits per heavy atom. The highest BCUT2D eigenvalue weighted by Gasteiger charge is 2.28. The molecule has 0 aliphatic rings. The fourth-order valence-electron chi connectivity index (χ4n) is 3.10. The molecule has 1 amide bonds. The zero-order chi connectivity index (χ0) is 24.9. The van der Waals surface area contributed by atoms with E-state index >= 15 is 0 Å². The Labute approximate surface area is 197 Å². The maximum atomic E-state index is 12.6. The predicted molar refractivity (Wildman–Crippen MR) is 127 cm³/mol. The maximum Gasteiger partial charge on any atom is 0.322 e. The highest BCUT2D eigenvalue weighted by Crippen LogP contribution is 2.16. The third kappa shape index (κ3) is 6.37. The number of hydrogen-bond acceptors (Lipinski definition) is 5. The molecular formula is C25H24N2O6S. The number of nitrogens with one attached hydrogen (secondary N) is 2. The molecule has 0 spiro atoms. The van der Waals surface area contributed by atoms with Crippen LogP contribution in [0.3, 0.4) is 0 Å². The van der Waals surface area contributed by atoms with Crippen LogP contribution in [0.2, 0.25) is 0 Å². The van der Waals surface area contributed by atoms with Crippen molar-refractivity contribution in [1.82, 2.24) is 4.72 Å². The molecule has 0 saturated carbocycles. The van der Waals surface area contributed by atoms with Gasteiger partial charge in [-0.15, -0.1) is 0 Å². The number of carboxylic acid groups (broad SMARTS) is 1. The van der Waals surface area contributed by atoms with Crippen LogP contribution >= 0.6 is 0 Å². The van der Waals surface area contributed by atoms with Gasteiger partial charge in [-0.3, -0.25) is 14.4 Å². The first-order chi connectivity index (χ1) is 16.0. The molecule has 0 saturated heterocycles. The number of rotatable bonds is 9. The highest BCUT2D eigenvalue weighted by atomic mass is 32.2. The summed E-state index contributed by atoms with van der Waals surface area (Å²) in [7, 11) is -4.13. The topological polar surface area (TPSA) is 130 Å². The molecule has 0 radical (unpaired) electrons. The minimum atomic E-state index is -4.13. The molecule has 1 atom stereocenters. The molecule has 176 valence electrons. The van der Waals surface area contributed by atoms with Gasteiger partial charge < -0.3 is 10.4 Å². The number of anilines is 1. The van der Waals surface area contributed by atoms with Crippen molar-refractivity contribution < 1.29 is 27.9 Å². The Morgan fingerprint density at radius 1 is 0.794 bits per heavy atom. The summed E-state index contributed by atoms with van der Waals surface area (Å²) >= 11 is 0. The first kappa shape index (κ1) is 24.8. The van der Waals surface area contributed by atoms with Crippen LogP contribution in [0, 0.1) is 13.8 Å². The summed E-state index contributed by atoms with van der Waals surface area (Å²) in [6.07, 6.45) is -0.574. The van der Waals surface area contributed by atoms with Crippen LogP contribution < -0.4 is 10.0 Å². The van der Waals surface area contributed by atoms with Gasteiger partial charge in [0.25, 0.3) is 5.91 Å². The number of benzene rings is 3. The van der Waals surface area contributed by atoms with Crippen molar-refractivity contribution in [1.29, 1.82) is 0 Å². The molecule has 0 bridgehead atoms. The van der Waals surface area contributed by atoms with Gasteiger partial charge in [-0.25, -0.2) is 8.42 Å². The van der Waals surface area contributed by atoms with Crippen LogP contribution in [-0.2, 0) is 14.8 Å². The summed E-state index contributed by atoms with van der Waals surface area (Å²) in [6, 6.07) is 17.2. The van der Waals surface area contributed by atoms with Gasteiger partial charge >= 0.3 is 5.97 Å². The fraction of sp³-hybridized carbons (Fsp3) is 0.160. The maximum absolute atomic E-state index is 12.6. The van der Waals surface area contributed by atoms with Crippen molar-refractivity contribution in [3.05, 3.63) is 95.1 Å². The fourth-order valence-corrected chi connectivity index (χ4v) is 4.29. The zero-order valence-corrected chi connectivity index (χ0v) is 19.4. The number of hydrogen-bond donors (Lipinski definition) is 3. The Kier molecular flexibility index (Phi) is 7.60. The van der Waals surface area contributed by atoms with Crippen LogP contribution in [0.5, 0.6) is 0 Å². The minimum absolute atomic E-state index is 0.0922. The molecule has 3 aromatic rings. The zero-order valence-electron chi connectivity index (χ0n) is 18.6. The lowest BCUT2D eigenvalue weighted by Crippen LogP contribution is -2.42. The second kappa shape index (κ2) is 10.4. The van der Waals surface area contributed by atoms with Gasteiger partial charge in [0.15, 0.2) is 5.78 Å². The molecule has 0 heterocycles. The number of sulfonamides is 1. The van der Waals surface area contributed by atoms with Crippen LogP contribution in [0.25, 0.3) is 0 Å². The van der Waals surface area contributed by atoms with E-state index in [1.807, 2.05) is 19.1 Å². The summed E-state index contributed by atoms with van der Waals surface area (Å²) < 4.78 is 27.2. The van der Waals surface area contributed by atoms with E-state index in [1.54, 1.807) is 31.2 Å². The quantitative estimate of drug-likeness (QED) is 0.402. The highest BCUT2D eigenvalue weighted by molar-refractivity contribution is 7.89. The molecule has 8 nitrogen and oxygen atoms in total. The van der Waals surface area contributed by atoms with Crippen molar-refractivity contribution in [2.75, 3.05) is 5.32 Å². The summed E-state index contributed by atoms with van der Waals surface area (Å²) in [4.78, 5) is 36.5. The number of aryl methyl sites for hydroxylation is 2. The molecule has 0 fully saturated rings. The number of carbonyl (C=O) groups is 3. The lowest BCUT2D eigenvalue weighted by Gasteiger charge is -2.15. The molecule has 3 N–H and O–H groups in total. The molecule has 0 aliphatic carbocycles. The molecule has 3 rings (SSSR count). The number of amides is 1. The molecule has 9 heteroatoms. The third-order valence-electron chi connectivity index (χ3n) is 5.09. The average Bonchev–Trinajstić information content (AvgIpc) is 2.79. The summed E-state index contributed by atoms with van der Waals surface area (Å²) in [6.45, 7) is 3.71. The van der Waals surface area contributed by atoms with Crippen molar-refractivity contribution in [2.24, 2.45) is 0 Å². The van der Waals surface area contributed by atoms with E-state index in [2.05, 4.69) is 10.0 Å². The first-order valence-corrected chi connectivity index (χ1v) is 11.9. The van der Waals surface area contributed by atoms with Gasteiger partial charge in [-0.2, -0.15) is 4.72 Å². The normalized spacial score (nSPS) is 12.1. The smallest absolute Gasteiger partial charge is 0.322 e. The van der Waals surface area contributed by atoms with Gasteiger partial charge in [-0.05, 0) is 62.4 Å². The Balaban J connectivity index is 1.66. The van der Waals surface area contributed by atoms with Gasteiger partial charge in [0.1, 0.15) is 6.04 Å². The van der Waals surface area contributed by atoms with Crippen LogP contribution in [0.15, 0.2) is 77.7 Å². The lowest BCUT2D eigenvalue weighted by molar-refractivity contribution is -0.138. The Bertz CT molecular complexity index is 1300. The second-order valence-corrected chi connectivity index (χ2v) is 9.56. The Hall–Kier alpha value is -3.82. The predicted octanol–water partition coefficient (Wildman–Crippen LogP) is 3.56. The number of carboxylic acids is 1. The summed E-state index contributed by atoms with van der Waals surface area (Å²) in [5.41, 5.74) is 3.00. The molecule has 1 unspecified atom stereocenters. The van der Waals surface area contributed by atoms with Crippen molar-refractivity contribution in [3.8, 4) is 0 Å². The number of ketones is 1. The Morgan fingerprint density at radius 2 is 1.29 bits per heavy atom. The van der Waals surface area contributed by atoms with Gasteiger partial charge in [-0.1, -0.05) is 35.4 Å². The van der Waals surface area contributed by atoms with Crippen molar-refractivity contribution in [2.45, 2.75) is 31.2 Å². The number of carbonyl (C=O) groups excluding carboxylic acids is 2. The summed E-state index contributed by atoms with van der Waals surface area (Å²) in [5.74, 6) is -2.34. The first-order valence-electron chi connectivity index (χ1n) is 10.4. The second-order valence-electron chi connectivity index (χ2n) is 7.85. The van der Waals surface area contributed by atoms with Crippen LogP contribution in [0.1, 0.15) is 38.3 Å². The molecule has 3 aromatic carbocycles. The number of aliphatic carboxylic acids is 1. The van der Waals surface area contributed by atoms with E-state index in [1.165, 1.54) is 36.4 Å². The van der Waals surface area contributed by atoms with Crippen LogP contribution in [0.4, 0.5) is 5.69 Å². The molecular weight excluding hydrogens is 456 g/mol. The van der Waals surface area contributed by atoms with E-state index < -0.39 is 34.2 Å². The van der Waals surface area contributed by atoms with Gasteiger partial charge in [0, 0.05) is 23.2 Å². The lowest BCUT2D eigenvalue weighted by atomic mass is 10.0. The van der Waals surface area contributed by atoms with Crippen molar-refractivity contribution in [3.63, 3.8) is 0 Å². The molecule has 0 aromatic heterocycles. The average molecular weight is 481 g/mol. The van der Waals surface area contributed by atoms with Crippen LogP contribution in [-0.4, -0.2) is 37.2 Å². The third-order valence-corrected chi connectivity index (χ3v) is 6.58. The monoisotopic (exact) mass is 480 g/mol. The SMILES string of the molecule is Cc1ccc(C(=O)Nc2ccc(C(=O)CC(NS(=O)(=O)c3ccc(C)cc3)C(=O)O)cc2)cc1. The molecule has 0 aliphatic heterocycles. The standard InChI is InChI=1S/C25H24N2O6S/c1-16-3-7-19(8-4-16)24(29)26-20-11-9-18(10-12-20)23(28)15-22(25(30)31)27-34(32,33)21-13-5-17(2)6-14-21/h3-14,22,27H,15H2,1-2H3,(H,26,29)(H,30,31). The summed E-state index contributed by atoms with van der Waals surface area (Å²) in [5, 5.41) is 12.2. The van der Waals surface area contributed by atoms with Crippen molar-refractivity contribution >= 4 is 33.4 Å². The van der Waals surface area contributed by atoms with E-state index in [0.717, 1.165) is 11.1 Å². The van der Waals surface area contributed by atoms with E-state index in [0.29, 0.717) is 11.3 Å². The van der Waals surface area contributed by atoms with E-state index in [-0.39, 0.29) is 16.4 Å². The minimum Gasteiger partial charge on any atom is -0.480 e. The van der Waals surface area contributed by atoms with Gasteiger partial charge in [0.2, 0.25) is 10.0 Å². The van der Waals surface area contributed by atoms with E-state index in [9.17, 15) is 27.9 Å². The van der Waals surface area contributed by atoms with Gasteiger partial charge in [0.05, 0.1) is 4.90 Å².